The van der Waals surface area contributed by atoms with Gasteiger partial charge in [0.1, 0.15) is 5.82 Å². The number of benzene rings is 1. The van der Waals surface area contributed by atoms with Gasteiger partial charge in [-0.25, -0.2) is 4.39 Å². The first-order valence-corrected chi connectivity index (χ1v) is 6.27. The number of anilines is 1. The fourth-order valence-corrected chi connectivity index (χ4v) is 2.41. The molecular formula is C14H18FN. The zero-order valence-electron chi connectivity index (χ0n) is 9.67. The quantitative estimate of drug-likeness (QED) is 0.813. The number of rotatable bonds is 4. The molecule has 16 heavy (non-hydrogen) atoms. The Labute approximate surface area is 96.1 Å². The van der Waals surface area contributed by atoms with Crippen molar-refractivity contribution in [3.8, 4) is 0 Å². The third-order valence-electron chi connectivity index (χ3n) is 3.76. The summed E-state index contributed by atoms with van der Waals surface area (Å²) in [4.78, 5) is 0. The highest BCUT2D eigenvalue weighted by molar-refractivity contribution is 5.46. The summed E-state index contributed by atoms with van der Waals surface area (Å²) < 4.78 is 13.4. The standard InChI is InChI=1S/C14H18FN/c1-9-2-7-12(8-13(9)15)16-14(10-3-4-10)11-5-6-11/h2,7-8,10-11,14,16H,3-6H2,1H3. The highest BCUT2D eigenvalue weighted by atomic mass is 19.1. The van der Waals surface area contributed by atoms with Gasteiger partial charge in [-0.05, 0) is 62.1 Å². The van der Waals surface area contributed by atoms with Gasteiger partial charge >= 0.3 is 0 Å². The van der Waals surface area contributed by atoms with Crippen molar-refractivity contribution in [3.63, 3.8) is 0 Å². The molecule has 0 saturated heterocycles. The summed E-state index contributed by atoms with van der Waals surface area (Å²) in [7, 11) is 0. The Bertz CT molecular complexity index is 382. The molecule has 86 valence electrons. The van der Waals surface area contributed by atoms with Crippen molar-refractivity contribution >= 4 is 5.69 Å². The van der Waals surface area contributed by atoms with E-state index in [0.717, 1.165) is 23.1 Å². The minimum Gasteiger partial charge on any atom is -0.382 e. The molecule has 0 amide bonds. The highest BCUT2D eigenvalue weighted by Gasteiger charge is 2.41. The molecule has 0 atom stereocenters. The fourth-order valence-electron chi connectivity index (χ4n) is 2.41. The maximum atomic E-state index is 13.4. The molecule has 1 aromatic carbocycles. The molecular weight excluding hydrogens is 201 g/mol. The van der Waals surface area contributed by atoms with Crippen molar-refractivity contribution in [2.75, 3.05) is 5.32 Å². The largest absolute Gasteiger partial charge is 0.382 e. The molecule has 1 N–H and O–H groups in total. The minimum atomic E-state index is -0.102. The first-order chi connectivity index (χ1) is 7.74. The Morgan fingerprint density at radius 2 is 1.81 bits per heavy atom. The van der Waals surface area contributed by atoms with E-state index < -0.39 is 0 Å². The molecule has 2 saturated carbocycles. The summed E-state index contributed by atoms with van der Waals surface area (Å²) in [6.45, 7) is 1.80. The Hall–Kier alpha value is -1.05. The molecule has 1 nitrogen and oxygen atoms in total. The van der Waals surface area contributed by atoms with Crippen LogP contribution >= 0.6 is 0 Å². The summed E-state index contributed by atoms with van der Waals surface area (Å²) in [6, 6.07) is 6.08. The number of nitrogens with one attached hydrogen (secondary N) is 1. The van der Waals surface area contributed by atoms with E-state index >= 15 is 0 Å². The van der Waals surface area contributed by atoms with Gasteiger partial charge in [-0.15, -0.1) is 0 Å². The Balaban J connectivity index is 1.73. The second-order valence-electron chi connectivity index (χ2n) is 5.31. The molecule has 0 spiro atoms. The summed E-state index contributed by atoms with van der Waals surface area (Å²) in [5.41, 5.74) is 1.67. The Kier molecular flexibility index (Phi) is 2.38. The molecule has 0 radical (unpaired) electrons. The van der Waals surface area contributed by atoms with Crippen LogP contribution in [0.25, 0.3) is 0 Å². The molecule has 2 heteroatoms. The Morgan fingerprint density at radius 3 is 2.31 bits per heavy atom. The first-order valence-electron chi connectivity index (χ1n) is 6.27. The van der Waals surface area contributed by atoms with Crippen LogP contribution in [-0.2, 0) is 0 Å². The summed E-state index contributed by atoms with van der Waals surface area (Å²) in [5.74, 6) is 1.59. The van der Waals surface area contributed by atoms with E-state index in [-0.39, 0.29) is 5.82 Å². The molecule has 0 heterocycles. The van der Waals surface area contributed by atoms with Gasteiger partial charge in [0.25, 0.3) is 0 Å². The van der Waals surface area contributed by atoms with Crippen molar-refractivity contribution in [2.45, 2.75) is 38.6 Å². The summed E-state index contributed by atoms with van der Waals surface area (Å²) >= 11 is 0. The smallest absolute Gasteiger partial charge is 0.128 e. The van der Waals surface area contributed by atoms with Crippen LogP contribution in [0, 0.1) is 24.6 Å². The van der Waals surface area contributed by atoms with Crippen LogP contribution in [0.4, 0.5) is 10.1 Å². The van der Waals surface area contributed by atoms with Gasteiger partial charge in [-0.1, -0.05) is 6.07 Å². The molecule has 1 aromatic rings. The van der Waals surface area contributed by atoms with E-state index in [9.17, 15) is 4.39 Å². The predicted octanol–water partition coefficient (Wildman–Crippen LogP) is 3.73. The van der Waals surface area contributed by atoms with Crippen molar-refractivity contribution in [2.24, 2.45) is 11.8 Å². The Morgan fingerprint density at radius 1 is 1.19 bits per heavy atom. The molecule has 2 fully saturated rings. The van der Waals surface area contributed by atoms with E-state index in [0.29, 0.717) is 6.04 Å². The number of aryl methyl sites for hydroxylation is 1. The lowest BCUT2D eigenvalue weighted by Crippen LogP contribution is -2.24. The van der Waals surface area contributed by atoms with Gasteiger partial charge in [0.15, 0.2) is 0 Å². The predicted molar refractivity (Wildman–Crippen MR) is 64.0 cm³/mol. The molecule has 0 aliphatic heterocycles. The highest BCUT2D eigenvalue weighted by Crippen LogP contribution is 2.45. The average molecular weight is 219 g/mol. The van der Waals surface area contributed by atoms with Gasteiger partial charge in [0, 0.05) is 11.7 Å². The van der Waals surface area contributed by atoms with Crippen LogP contribution in [0.1, 0.15) is 31.2 Å². The molecule has 0 unspecified atom stereocenters. The van der Waals surface area contributed by atoms with Crippen LogP contribution in [0.2, 0.25) is 0 Å². The van der Waals surface area contributed by atoms with Crippen LogP contribution in [0.15, 0.2) is 18.2 Å². The molecule has 2 aliphatic rings. The third kappa shape index (κ3) is 2.06. The second kappa shape index (κ2) is 3.76. The van der Waals surface area contributed by atoms with Crippen molar-refractivity contribution < 1.29 is 4.39 Å². The van der Waals surface area contributed by atoms with Crippen LogP contribution in [-0.4, -0.2) is 6.04 Å². The van der Waals surface area contributed by atoms with Gasteiger partial charge in [-0.3, -0.25) is 0 Å². The zero-order valence-corrected chi connectivity index (χ0v) is 9.67. The van der Waals surface area contributed by atoms with Crippen molar-refractivity contribution in [1.29, 1.82) is 0 Å². The first kappa shape index (κ1) is 10.1. The van der Waals surface area contributed by atoms with Gasteiger partial charge < -0.3 is 5.32 Å². The van der Waals surface area contributed by atoms with Gasteiger partial charge in [-0.2, -0.15) is 0 Å². The molecule has 0 aromatic heterocycles. The van der Waals surface area contributed by atoms with Crippen LogP contribution in [0.3, 0.4) is 0 Å². The van der Waals surface area contributed by atoms with Crippen molar-refractivity contribution in [1.82, 2.24) is 0 Å². The van der Waals surface area contributed by atoms with Crippen molar-refractivity contribution in [3.05, 3.63) is 29.6 Å². The monoisotopic (exact) mass is 219 g/mol. The van der Waals surface area contributed by atoms with E-state index in [4.69, 9.17) is 0 Å². The van der Waals surface area contributed by atoms with E-state index in [2.05, 4.69) is 5.32 Å². The minimum absolute atomic E-state index is 0.102. The van der Waals surface area contributed by atoms with E-state index in [1.165, 1.54) is 25.7 Å². The third-order valence-corrected chi connectivity index (χ3v) is 3.76. The topological polar surface area (TPSA) is 12.0 Å². The average Bonchev–Trinajstić information content (AvgIpc) is 3.14. The lowest BCUT2D eigenvalue weighted by Gasteiger charge is -2.19. The van der Waals surface area contributed by atoms with Crippen LogP contribution < -0.4 is 5.32 Å². The molecule has 3 rings (SSSR count). The number of hydrogen-bond acceptors (Lipinski definition) is 1. The summed E-state index contributed by atoms with van der Waals surface area (Å²) in [5, 5.41) is 3.53. The van der Waals surface area contributed by atoms with Gasteiger partial charge in [0.2, 0.25) is 0 Å². The maximum Gasteiger partial charge on any atom is 0.128 e. The lowest BCUT2D eigenvalue weighted by molar-refractivity contribution is 0.566. The zero-order chi connectivity index (χ0) is 11.1. The summed E-state index contributed by atoms with van der Waals surface area (Å²) in [6.07, 6.45) is 5.40. The lowest BCUT2D eigenvalue weighted by atomic mass is 10.1. The number of halogens is 1. The normalized spacial score (nSPS) is 20.2. The maximum absolute atomic E-state index is 13.4. The van der Waals surface area contributed by atoms with Crippen LogP contribution in [0.5, 0.6) is 0 Å². The SMILES string of the molecule is Cc1ccc(NC(C2CC2)C2CC2)cc1F. The van der Waals surface area contributed by atoms with E-state index in [1.54, 1.807) is 13.0 Å². The number of hydrogen-bond donors (Lipinski definition) is 1. The fraction of sp³-hybridized carbons (Fsp3) is 0.571. The molecule has 0 bridgehead atoms. The van der Waals surface area contributed by atoms with Gasteiger partial charge in [0.05, 0.1) is 0 Å². The second-order valence-corrected chi connectivity index (χ2v) is 5.31. The molecule has 2 aliphatic carbocycles. The van der Waals surface area contributed by atoms with E-state index in [1.807, 2.05) is 12.1 Å².